The van der Waals surface area contributed by atoms with Crippen LogP contribution in [-0.4, -0.2) is 119 Å². The molecule has 3 aliphatic heterocycles. The zero-order valence-electron chi connectivity index (χ0n) is 45.6. The van der Waals surface area contributed by atoms with Crippen LogP contribution in [0.25, 0.3) is 0 Å². The number of nitrogens with one attached hydrogen (secondary N) is 3. The number of likely N-dealkylation sites (tertiary alicyclic amines) is 1. The first-order valence-electron chi connectivity index (χ1n) is 26.9. The number of amides is 6. The second kappa shape index (κ2) is 28.0. The lowest BCUT2D eigenvalue weighted by atomic mass is 9.91. The van der Waals surface area contributed by atoms with Gasteiger partial charge in [0.2, 0.25) is 29.4 Å². The molecule has 2 saturated heterocycles. The van der Waals surface area contributed by atoms with Gasteiger partial charge in [0.15, 0.2) is 29.6 Å². The predicted molar refractivity (Wildman–Crippen MR) is 289 cm³/mol. The molecule has 0 saturated carbocycles. The average Bonchev–Trinajstić information content (AvgIpc) is 3.86. The average molecular weight is 1080 g/mol. The number of benzene rings is 4. The van der Waals surface area contributed by atoms with Crippen LogP contribution in [0.1, 0.15) is 135 Å². The van der Waals surface area contributed by atoms with Gasteiger partial charge in [0.05, 0.1) is 41.5 Å². The summed E-state index contributed by atoms with van der Waals surface area (Å²) in [7, 11) is 7.72. The number of aryl methyl sites for hydroxylation is 1. The summed E-state index contributed by atoms with van der Waals surface area (Å²) in [5, 5.41) is 8.17. The van der Waals surface area contributed by atoms with Gasteiger partial charge in [-0.15, -0.1) is 0 Å². The van der Waals surface area contributed by atoms with Crippen molar-refractivity contribution in [3.63, 3.8) is 0 Å². The molecule has 0 spiro atoms. The van der Waals surface area contributed by atoms with Crippen molar-refractivity contribution in [1.29, 1.82) is 0 Å². The predicted octanol–water partition coefficient (Wildman–Crippen LogP) is 7.76. The molecule has 418 valence electrons. The molecular weight excluding hydrogens is 1000 g/mol. The summed E-state index contributed by atoms with van der Waals surface area (Å²) in [5.74, 6) is -0.0465. The van der Waals surface area contributed by atoms with E-state index in [9.17, 15) is 33.6 Å². The van der Waals surface area contributed by atoms with Crippen LogP contribution >= 0.6 is 0 Å². The van der Waals surface area contributed by atoms with Gasteiger partial charge < -0.3 is 53.6 Å². The summed E-state index contributed by atoms with van der Waals surface area (Å²) in [6.45, 7) is 2.71. The second-order valence-corrected chi connectivity index (χ2v) is 19.6. The van der Waals surface area contributed by atoms with E-state index >= 15 is 0 Å². The lowest BCUT2D eigenvalue weighted by Gasteiger charge is -2.37. The van der Waals surface area contributed by atoms with Crippen LogP contribution in [0.3, 0.4) is 0 Å². The van der Waals surface area contributed by atoms with Gasteiger partial charge in [0.1, 0.15) is 23.9 Å². The Balaban J connectivity index is 0.898. The highest BCUT2D eigenvalue weighted by Gasteiger charge is 2.41. The number of ether oxygens (including phenoxy) is 7. The molecule has 1 unspecified atom stereocenters. The molecule has 3 heterocycles. The Hall–Kier alpha value is -7.83. The molecule has 19 heteroatoms. The fraction of sp³-hybridized carbons (Fsp3) is 0.475. The molecule has 78 heavy (non-hydrogen) atoms. The van der Waals surface area contributed by atoms with Crippen molar-refractivity contribution in [1.82, 2.24) is 20.4 Å². The molecule has 4 atom stereocenters. The van der Waals surface area contributed by atoms with Gasteiger partial charge in [-0.1, -0.05) is 50.5 Å². The number of carbonyl (C=O) groups is 7. The summed E-state index contributed by atoms with van der Waals surface area (Å²) >= 11 is 0. The van der Waals surface area contributed by atoms with E-state index < -0.39 is 36.0 Å². The number of methoxy groups -OCH3 is 5. The van der Waals surface area contributed by atoms with E-state index in [4.69, 9.17) is 33.2 Å². The van der Waals surface area contributed by atoms with Gasteiger partial charge in [-0.05, 0) is 123 Å². The lowest BCUT2D eigenvalue weighted by molar-refractivity contribution is -0.162. The summed E-state index contributed by atoms with van der Waals surface area (Å²) < 4.78 is 40.1. The van der Waals surface area contributed by atoms with Crippen molar-refractivity contribution in [3.05, 3.63) is 101 Å². The number of nitrogens with zero attached hydrogens (tertiary/aromatic N) is 2. The zero-order valence-corrected chi connectivity index (χ0v) is 45.6. The van der Waals surface area contributed by atoms with Crippen LogP contribution in [-0.2, 0) is 46.5 Å². The summed E-state index contributed by atoms with van der Waals surface area (Å²) in [6, 6.07) is 19.9. The third-order valence-corrected chi connectivity index (χ3v) is 14.6. The number of anilines is 1. The Bertz CT molecular complexity index is 2780. The van der Waals surface area contributed by atoms with E-state index in [1.807, 2.05) is 31.2 Å². The van der Waals surface area contributed by atoms with Gasteiger partial charge in [-0.3, -0.25) is 34.1 Å². The molecule has 3 aliphatic rings. The molecule has 0 aliphatic carbocycles. The summed E-state index contributed by atoms with van der Waals surface area (Å²) in [4.78, 5) is 95.3. The topological polar surface area (TPSA) is 227 Å². The highest BCUT2D eigenvalue weighted by Crippen LogP contribution is 2.42. The third-order valence-electron chi connectivity index (χ3n) is 14.6. The molecule has 0 bridgehead atoms. The first-order valence-corrected chi connectivity index (χ1v) is 26.9. The van der Waals surface area contributed by atoms with Gasteiger partial charge in [0, 0.05) is 49.3 Å². The number of esters is 1. The number of piperidine rings is 2. The maximum atomic E-state index is 14.5. The maximum absolute atomic E-state index is 14.5. The minimum atomic E-state index is -0.819. The number of hydrogen-bond acceptors (Lipinski definition) is 14. The number of hydrogen-bond donors (Lipinski definition) is 3. The quantitative estimate of drug-likeness (QED) is 0.0295. The highest BCUT2D eigenvalue weighted by atomic mass is 16.5. The fourth-order valence-electron chi connectivity index (χ4n) is 10.4. The monoisotopic (exact) mass is 1080 g/mol. The van der Waals surface area contributed by atoms with Crippen molar-refractivity contribution >= 4 is 47.1 Å². The van der Waals surface area contributed by atoms with Crippen molar-refractivity contribution in [3.8, 4) is 34.5 Å². The molecule has 2 fully saturated rings. The lowest BCUT2D eigenvalue weighted by Crippen LogP contribution is -2.52. The Morgan fingerprint density at radius 3 is 2.19 bits per heavy atom. The van der Waals surface area contributed by atoms with Gasteiger partial charge >= 0.3 is 5.97 Å². The zero-order chi connectivity index (χ0) is 55.7. The van der Waals surface area contributed by atoms with Crippen LogP contribution in [0.15, 0.2) is 72.8 Å². The number of unbranched alkanes of at least 4 members (excludes halogenated alkanes) is 4. The SMILES string of the molecule is CC[C@H](C(=O)N1CCCC[C@H]1C(=O)O[C@H](CCc1ccc(OC)c(OC)c1)c1cccc(OCC(=O)NCCCCCCCC(=O)Nc2cccc3c2CN(C2CCC(=O)NC2=O)C3=O)c1)c1cc(OC)c(OC)c(OC)c1. The second-order valence-electron chi connectivity index (χ2n) is 19.6. The number of carbonyl (C=O) groups excluding carboxylic acids is 7. The van der Waals surface area contributed by atoms with Crippen LogP contribution in [0, 0.1) is 0 Å². The smallest absolute Gasteiger partial charge is 0.329 e. The van der Waals surface area contributed by atoms with E-state index in [1.54, 1.807) is 67.7 Å². The Morgan fingerprint density at radius 1 is 0.744 bits per heavy atom. The van der Waals surface area contributed by atoms with Gasteiger partial charge in [0.25, 0.3) is 11.8 Å². The molecule has 19 nitrogen and oxygen atoms in total. The van der Waals surface area contributed by atoms with E-state index in [0.717, 1.165) is 44.1 Å². The minimum Gasteiger partial charge on any atom is -0.493 e. The third kappa shape index (κ3) is 14.4. The van der Waals surface area contributed by atoms with E-state index in [-0.39, 0.29) is 55.5 Å². The Labute approximate surface area is 455 Å². The normalized spacial score (nSPS) is 16.8. The number of imide groups is 1. The largest absolute Gasteiger partial charge is 0.493 e. The van der Waals surface area contributed by atoms with E-state index in [0.29, 0.717) is 114 Å². The van der Waals surface area contributed by atoms with Crippen molar-refractivity contribution < 1.29 is 66.7 Å². The molecule has 0 aromatic heterocycles. The standard InChI is InChI=1S/C59H73N5O14/c1-7-41(39-33-50(74-4)55(76-6)51(34-39)75-5)57(69)63-30-14-12-21-46(63)59(71)78-47(26-23-37-24-27-48(72-2)49(31-37)73-3)38-17-15-18-40(32-38)77-36-54(67)60-29-13-10-8-9-11-22-52(65)61-44-20-16-19-42-43(44)35-64(58(42)70)45-25-28-53(66)62-56(45)68/h15-20,24,27,31-34,41,45-47H,7-14,21-23,25-26,28-30,35-36H2,1-6H3,(H,60,67)(H,61,65)(H,62,66,68)/t41-,45?,46-,47+/m0/s1. The molecule has 4 aromatic rings. The minimum absolute atomic E-state index is 0.160. The molecule has 4 aromatic carbocycles. The first kappa shape index (κ1) is 57.9. The molecule has 7 rings (SSSR count). The number of fused-ring (bicyclic) bond motifs is 1. The Morgan fingerprint density at radius 2 is 1.47 bits per heavy atom. The van der Waals surface area contributed by atoms with Crippen LogP contribution in [0.4, 0.5) is 5.69 Å². The maximum Gasteiger partial charge on any atom is 0.329 e. The van der Waals surface area contributed by atoms with Crippen molar-refractivity contribution in [2.45, 2.75) is 127 Å². The summed E-state index contributed by atoms with van der Waals surface area (Å²) in [5.41, 5.74) is 3.90. The Kier molecular flexibility index (Phi) is 20.8. The highest BCUT2D eigenvalue weighted by molar-refractivity contribution is 6.07. The van der Waals surface area contributed by atoms with Crippen LogP contribution in [0.2, 0.25) is 0 Å². The van der Waals surface area contributed by atoms with Crippen LogP contribution < -0.4 is 44.4 Å². The van der Waals surface area contributed by atoms with E-state index in [1.165, 1.54) is 26.2 Å². The molecule has 6 amide bonds. The molecular formula is C59H73N5O14. The first-order chi connectivity index (χ1) is 37.8. The van der Waals surface area contributed by atoms with Crippen LogP contribution in [0.5, 0.6) is 34.5 Å². The van der Waals surface area contributed by atoms with Gasteiger partial charge in [-0.2, -0.15) is 0 Å². The fourth-order valence-corrected chi connectivity index (χ4v) is 10.4. The molecule has 3 N–H and O–H groups in total. The van der Waals surface area contributed by atoms with Crippen molar-refractivity contribution in [2.75, 3.05) is 60.6 Å². The summed E-state index contributed by atoms with van der Waals surface area (Å²) in [6.07, 6.45) is 7.16. The van der Waals surface area contributed by atoms with E-state index in [2.05, 4.69) is 16.0 Å². The number of rotatable bonds is 27. The molecule has 0 radical (unpaired) electrons. The van der Waals surface area contributed by atoms with Gasteiger partial charge in [-0.25, -0.2) is 4.79 Å². The van der Waals surface area contributed by atoms with Crippen molar-refractivity contribution in [2.24, 2.45) is 0 Å².